The minimum atomic E-state index is -2.55. The van der Waals surface area contributed by atoms with Crippen LogP contribution < -0.4 is 0 Å². The zero-order valence-corrected chi connectivity index (χ0v) is 20.8. The van der Waals surface area contributed by atoms with Gasteiger partial charge in [0, 0.05) is 23.0 Å². The van der Waals surface area contributed by atoms with Gasteiger partial charge >= 0.3 is 0 Å². The van der Waals surface area contributed by atoms with Crippen molar-refractivity contribution < 1.29 is 39.0 Å². The van der Waals surface area contributed by atoms with Crippen LogP contribution in [0.25, 0.3) is 0 Å². The number of phenols is 2. The summed E-state index contributed by atoms with van der Waals surface area (Å²) in [6.07, 6.45) is -0.0902. The van der Waals surface area contributed by atoms with Gasteiger partial charge in [0.25, 0.3) is 0 Å². The predicted molar refractivity (Wildman–Crippen MR) is 129 cm³/mol. The van der Waals surface area contributed by atoms with Crippen LogP contribution in [0.1, 0.15) is 54.3 Å². The molecule has 2 spiro atoms. The van der Waals surface area contributed by atoms with Crippen molar-refractivity contribution in [2.75, 3.05) is 0 Å². The van der Waals surface area contributed by atoms with E-state index < -0.39 is 102 Å². The van der Waals surface area contributed by atoms with Gasteiger partial charge in [0.1, 0.15) is 11.5 Å². The van der Waals surface area contributed by atoms with Crippen LogP contribution in [0.4, 0.5) is 0 Å². The number of phenolic OH excluding ortho intramolecular Hbond substituents is 2. The average Bonchev–Trinajstić information content (AvgIpc) is 3.38. The molecule has 190 valence electrons. The van der Waals surface area contributed by atoms with Crippen LogP contribution in [-0.2, 0) is 9.59 Å². The lowest BCUT2D eigenvalue weighted by Gasteiger charge is -2.59. The average molecular weight is 551 g/mol. The van der Waals surface area contributed by atoms with E-state index in [1.807, 2.05) is 0 Å². The van der Waals surface area contributed by atoms with E-state index in [0.29, 0.717) is 0 Å². The number of carbonyl (C=O) groups excluding carboxylic acids is 6. The lowest BCUT2D eigenvalue weighted by atomic mass is 9.42. The van der Waals surface area contributed by atoms with E-state index in [1.165, 1.54) is 36.4 Å². The second-order valence-electron chi connectivity index (χ2n) is 11.3. The molecule has 38 heavy (non-hydrogen) atoms. The maximum absolute atomic E-state index is 14.5. The quantitative estimate of drug-likeness (QED) is 0.376. The summed E-state index contributed by atoms with van der Waals surface area (Å²) < 4.78 is 0. The Labute approximate surface area is 223 Å². The van der Waals surface area contributed by atoms with E-state index in [2.05, 4.69) is 0 Å². The van der Waals surface area contributed by atoms with Crippen LogP contribution in [0.15, 0.2) is 36.4 Å². The third-order valence-electron chi connectivity index (χ3n) is 10.6. The number of benzene rings is 2. The van der Waals surface area contributed by atoms with E-state index in [4.69, 9.17) is 23.2 Å². The summed E-state index contributed by atoms with van der Waals surface area (Å²) in [5.74, 6) is -10.9. The van der Waals surface area contributed by atoms with Crippen LogP contribution in [0.5, 0.6) is 11.5 Å². The molecule has 8 nitrogen and oxygen atoms in total. The highest BCUT2D eigenvalue weighted by molar-refractivity contribution is 6.59. The van der Waals surface area contributed by atoms with E-state index in [1.54, 1.807) is 0 Å². The molecular formula is C28H16Cl2O8. The molecule has 8 rings (SSSR count). The van der Waals surface area contributed by atoms with E-state index in [-0.39, 0.29) is 24.0 Å². The zero-order chi connectivity index (χ0) is 26.9. The van der Waals surface area contributed by atoms with Crippen LogP contribution in [0.2, 0.25) is 0 Å². The number of alkyl halides is 2. The van der Waals surface area contributed by atoms with Gasteiger partial charge in [-0.3, -0.25) is 28.8 Å². The van der Waals surface area contributed by atoms with Crippen molar-refractivity contribution >= 4 is 57.9 Å². The summed E-state index contributed by atoms with van der Waals surface area (Å²) in [6, 6.07) is 7.82. The van der Waals surface area contributed by atoms with Crippen molar-refractivity contribution in [3.8, 4) is 11.5 Å². The van der Waals surface area contributed by atoms with Gasteiger partial charge in [0.05, 0.1) is 22.0 Å². The lowest BCUT2D eigenvalue weighted by molar-refractivity contribution is -0.146. The molecule has 0 heterocycles. The molecule has 0 amide bonds. The summed E-state index contributed by atoms with van der Waals surface area (Å²) in [4.78, 5) is 80.8. The van der Waals surface area contributed by atoms with Gasteiger partial charge in [-0.1, -0.05) is 24.3 Å². The number of hydrogen-bond donors (Lipinski definition) is 2. The number of Topliss-reactive ketones (excluding diaryl/α,β-unsaturated/α-hetero) is 6. The second kappa shape index (κ2) is 6.10. The van der Waals surface area contributed by atoms with Crippen LogP contribution in [0.3, 0.4) is 0 Å². The number of hydrogen-bond acceptors (Lipinski definition) is 8. The maximum Gasteiger partial charge on any atom is 0.196 e. The Morgan fingerprint density at radius 3 is 1.34 bits per heavy atom. The number of rotatable bonds is 0. The standard InChI is InChI=1S/C28H16Cl2O8/c29-27-22(36)14-7-11-12-8-13(25(11,27)19(33)9-3-1-5-15(31)17(9)23(27)37)21(35)28(30)24(38)18-10(4-2-6-16(18)32)20(34)26(12,14)28/h1-6,11-14,31-32H,7-8H2/t11-,12+,13-,14+,25?,26?,27-,28-/m0/s1. The predicted octanol–water partition coefficient (Wildman–Crippen LogP) is 2.92. The van der Waals surface area contributed by atoms with Crippen molar-refractivity contribution in [3.63, 3.8) is 0 Å². The van der Waals surface area contributed by atoms with Gasteiger partial charge in [-0.25, -0.2) is 0 Å². The van der Waals surface area contributed by atoms with E-state index in [0.717, 1.165) is 0 Å². The molecule has 0 radical (unpaired) electrons. The molecule has 0 saturated heterocycles. The van der Waals surface area contributed by atoms with Crippen LogP contribution in [0, 0.1) is 34.5 Å². The first-order valence-corrected chi connectivity index (χ1v) is 13.0. The number of fused-ring (bicyclic) bond motifs is 4. The SMILES string of the molecule is O=C1c2cccc(O)c2C(=O)[C@@]2(Cl)C(=O)[C@@H]3C[C@@H]4[C@@H]5C[C@H](C(=O)[C@]6(Cl)C(=O)c7c(O)cccc7C(=O)C356)C142. The molecule has 8 atom stereocenters. The molecule has 4 saturated carbocycles. The Balaban J connectivity index is 1.52. The Morgan fingerprint density at radius 1 is 0.605 bits per heavy atom. The molecule has 2 unspecified atom stereocenters. The summed E-state index contributed by atoms with van der Waals surface area (Å²) in [7, 11) is 0. The molecule has 2 N–H and O–H groups in total. The number of halogens is 2. The van der Waals surface area contributed by atoms with Crippen molar-refractivity contribution in [1.29, 1.82) is 0 Å². The minimum Gasteiger partial charge on any atom is -0.507 e. The third-order valence-corrected chi connectivity index (χ3v) is 11.9. The number of aromatic hydroxyl groups is 2. The smallest absolute Gasteiger partial charge is 0.196 e. The fourth-order valence-electron chi connectivity index (χ4n) is 9.53. The molecule has 2 aromatic rings. The van der Waals surface area contributed by atoms with Gasteiger partial charge in [-0.15, -0.1) is 23.2 Å². The molecule has 0 aliphatic heterocycles. The van der Waals surface area contributed by atoms with Crippen molar-refractivity contribution in [1.82, 2.24) is 0 Å². The monoisotopic (exact) mass is 550 g/mol. The Bertz CT molecular complexity index is 1570. The topological polar surface area (TPSA) is 143 Å². The largest absolute Gasteiger partial charge is 0.507 e. The molecule has 0 aromatic heterocycles. The first-order valence-electron chi connectivity index (χ1n) is 12.2. The zero-order valence-electron chi connectivity index (χ0n) is 19.3. The molecule has 4 fully saturated rings. The minimum absolute atomic E-state index is 0.0451. The molecule has 10 heteroatoms. The van der Waals surface area contributed by atoms with Gasteiger partial charge in [-0.2, -0.15) is 0 Å². The van der Waals surface area contributed by atoms with Crippen LogP contribution >= 0.6 is 23.2 Å². The molecule has 2 aromatic carbocycles. The Morgan fingerprint density at radius 2 is 0.974 bits per heavy atom. The second-order valence-corrected chi connectivity index (χ2v) is 12.4. The first kappa shape index (κ1) is 22.6. The van der Waals surface area contributed by atoms with Gasteiger partial charge in [-0.05, 0) is 36.8 Å². The fraction of sp³-hybridized carbons (Fsp3) is 0.357. The summed E-state index contributed by atoms with van der Waals surface area (Å²) in [5.41, 5.74) is -5.25. The lowest BCUT2D eigenvalue weighted by Crippen LogP contribution is -2.77. The molecule has 6 aliphatic rings. The van der Waals surface area contributed by atoms with E-state index >= 15 is 0 Å². The Kier molecular flexibility index (Phi) is 3.63. The fourth-order valence-corrected chi connectivity index (χ4v) is 10.7. The summed E-state index contributed by atoms with van der Waals surface area (Å²) >= 11 is 14.1. The first-order chi connectivity index (χ1) is 17.9. The normalized spacial score (nSPS) is 43.2. The van der Waals surface area contributed by atoms with Crippen molar-refractivity contribution in [2.45, 2.75) is 22.6 Å². The molecular weight excluding hydrogens is 535 g/mol. The number of carbonyl (C=O) groups is 6. The van der Waals surface area contributed by atoms with Crippen LogP contribution in [-0.4, -0.2) is 54.7 Å². The third kappa shape index (κ3) is 1.70. The molecule has 4 bridgehead atoms. The highest BCUT2D eigenvalue weighted by Crippen LogP contribution is 2.83. The molecule has 6 aliphatic carbocycles. The summed E-state index contributed by atoms with van der Waals surface area (Å²) in [6.45, 7) is 0. The van der Waals surface area contributed by atoms with Crippen molar-refractivity contribution in [2.24, 2.45) is 34.5 Å². The van der Waals surface area contributed by atoms with Gasteiger partial charge in [0.15, 0.2) is 44.4 Å². The van der Waals surface area contributed by atoms with E-state index in [9.17, 15) is 39.0 Å². The van der Waals surface area contributed by atoms with Gasteiger partial charge < -0.3 is 10.2 Å². The maximum atomic E-state index is 14.5. The highest BCUT2D eigenvalue weighted by Gasteiger charge is 2.94. The number of ketones is 6. The van der Waals surface area contributed by atoms with Gasteiger partial charge in [0.2, 0.25) is 0 Å². The highest BCUT2D eigenvalue weighted by atomic mass is 35.5. The van der Waals surface area contributed by atoms with Crippen molar-refractivity contribution in [3.05, 3.63) is 58.7 Å². The summed E-state index contributed by atoms with van der Waals surface area (Å²) in [5, 5.41) is 21.0. The Hall–Kier alpha value is -3.36.